The monoisotopic (exact) mass is 822 g/mol. The molecule has 5 nitrogen and oxygen atoms in total. The lowest BCUT2D eigenvalue weighted by Gasteiger charge is -2.15. The first-order valence-electron chi connectivity index (χ1n) is 21.8. The zero-order valence-electron chi connectivity index (χ0n) is 34.9. The van der Waals surface area contributed by atoms with Crippen LogP contribution in [0.5, 0.6) is 0 Å². The molecule has 0 radical (unpaired) electrons. The lowest BCUT2D eigenvalue weighted by Crippen LogP contribution is -2.00. The molecule has 0 fully saturated rings. The van der Waals surface area contributed by atoms with Crippen molar-refractivity contribution in [3.63, 3.8) is 0 Å². The highest BCUT2D eigenvalue weighted by Crippen LogP contribution is 2.42. The van der Waals surface area contributed by atoms with E-state index in [0.29, 0.717) is 11.7 Å². The molecule has 0 amide bonds. The number of para-hydroxylation sites is 2. The number of fused-ring (bicyclic) bond motifs is 9. The summed E-state index contributed by atoms with van der Waals surface area (Å²) in [7, 11) is 0. The van der Waals surface area contributed by atoms with Gasteiger partial charge in [-0.05, 0) is 100.0 Å². The fourth-order valence-electron chi connectivity index (χ4n) is 9.57. The molecule has 12 aromatic rings. The van der Waals surface area contributed by atoms with Crippen LogP contribution in [-0.4, -0.2) is 9.97 Å². The minimum absolute atomic E-state index is 0.445. The van der Waals surface area contributed by atoms with Crippen molar-refractivity contribution in [3.8, 4) is 67.3 Å². The summed E-state index contributed by atoms with van der Waals surface area (Å²) in [5.74, 6) is 2.16. The van der Waals surface area contributed by atoms with Crippen LogP contribution in [0, 0.1) is 5.92 Å². The van der Waals surface area contributed by atoms with Crippen molar-refractivity contribution in [3.05, 3.63) is 199 Å². The Morgan fingerprint density at radius 1 is 0.391 bits per heavy atom. The third-order valence-electron chi connectivity index (χ3n) is 12.9. The second-order valence-electron chi connectivity index (χ2n) is 17.0. The van der Waals surface area contributed by atoms with Gasteiger partial charge in [-0.3, -0.25) is 0 Å². The van der Waals surface area contributed by atoms with Crippen molar-refractivity contribution in [2.24, 2.45) is 5.92 Å². The van der Waals surface area contributed by atoms with Crippen LogP contribution >= 0.6 is 0 Å². The first-order valence-corrected chi connectivity index (χ1v) is 21.8. The van der Waals surface area contributed by atoms with E-state index >= 15 is 0 Å². The minimum Gasteiger partial charge on any atom is -0.460 e. The molecule has 0 N–H and O–H groups in total. The third-order valence-corrected chi connectivity index (χ3v) is 12.9. The number of benzene rings is 8. The first-order chi connectivity index (χ1) is 31.6. The molecule has 8 aromatic carbocycles. The van der Waals surface area contributed by atoms with Gasteiger partial charge < -0.3 is 13.3 Å². The number of nitrogens with zero attached hydrogens (tertiary/aromatic N) is 2. The number of hydrogen-bond acceptors (Lipinski definition) is 5. The van der Waals surface area contributed by atoms with E-state index in [4.69, 9.17) is 23.2 Å². The highest BCUT2D eigenvalue weighted by Gasteiger charge is 2.21. The second kappa shape index (κ2) is 14.4. The predicted molar refractivity (Wildman–Crippen MR) is 261 cm³/mol. The molecule has 1 unspecified atom stereocenters. The Balaban J connectivity index is 0.980. The van der Waals surface area contributed by atoms with Gasteiger partial charge in [0, 0.05) is 55.6 Å². The average molecular weight is 823 g/mol. The summed E-state index contributed by atoms with van der Waals surface area (Å²) in [5.41, 5.74) is 16.8. The van der Waals surface area contributed by atoms with E-state index in [1.807, 2.05) is 42.5 Å². The van der Waals surface area contributed by atoms with Crippen LogP contribution in [0.15, 0.2) is 201 Å². The van der Waals surface area contributed by atoms with E-state index in [1.54, 1.807) is 0 Å². The largest absolute Gasteiger partial charge is 0.460 e. The van der Waals surface area contributed by atoms with Gasteiger partial charge in [-0.2, -0.15) is 0 Å². The molecular formula is C59H38N2O3. The van der Waals surface area contributed by atoms with Gasteiger partial charge in [-0.1, -0.05) is 140 Å². The van der Waals surface area contributed by atoms with E-state index in [-0.39, 0.29) is 0 Å². The Bertz CT molecular complexity index is 3830. The molecule has 5 heteroatoms. The molecule has 4 heterocycles. The molecule has 64 heavy (non-hydrogen) atoms. The standard InChI is InChI=1S/C59H38N2O3/c1-35-15-24-46-50-33-42(23-28-57(50)64-58(46)29-35)43-25-20-40(41-22-27-56-49(32-41)45-12-6-8-14-54(45)63-56)30-47(43)52-34-51(60-59(61-52)38-9-3-2-4-10-38)37-18-16-36(17-19-37)39-21-26-55-48(31-39)44-11-5-7-13-53(44)62-55/h2-28,30-35H,29H2,1H3. The maximum atomic E-state index is 6.42. The quantitative estimate of drug-likeness (QED) is 0.167. The van der Waals surface area contributed by atoms with Crippen molar-refractivity contribution < 1.29 is 13.3 Å². The Morgan fingerprint density at radius 3 is 1.64 bits per heavy atom. The van der Waals surface area contributed by atoms with E-state index in [1.165, 1.54) is 5.56 Å². The second-order valence-corrected chi connectivity index (χ2v) is 17.0. The fraction of sp³-hybridized carbons (Fsp3) is 0.0508. The smallest absolute Gasteiger partial charge is 0.160 e. The van der Waals surface area contributed by atoms with Gasteiger partial charge in [0.15, 0.2) is 5.82 Å². The average Bonchev–Trinajstić information content (AvgIpc) is 4.04. The third kappa shape index (κ3) is 6.08. The van der Waals surface area contributed by atoms with Gasteiger partial charge in [-0.15, -0.1) is 0 Å². The summed E-state index contributed by atoms with van der Waals surface area (Å²) >= 11 is 0. The number of rotatable bonds is 6. The highest BCUT2D eigenvalue weighted by molar-refractivity contribution is 6.07. The number of hydrogen-bond donors (Lipinski definition) is 0. The molecule has 4 aromatic heterocycles. The lowest BCUT2D eigenvalue weighted by atomic mass is 9.90. The van der Waals surface area contributed by atoms with Crippen molar-refractivity contribution in [1.82, 2.24) is 9.97 Å². The van der Waals surface area contributed by atoms with Crippen LogP contribution in [0.25, 0.3) is 128 Å². The first kappa shape index (κ1) is 36.4. The Morgan fingerprint density at radius 2 is 0.922 bits per heavy atom. The Hall–Kier alpha value is -8.28. The molecule has 0 saturated carbocycles. The van der Waals surface area contributed by atoms with Gasteiger partial charge in [0.2, 0.25) is 0 Å². The van der Waals surface area contributed by atoms with E-state index in [2.05, 4.69) is 159 Å². The molecule has 0 aliphatic heterocycles. The zero-order valence-corrected chi connectivity index (χ0v) is 34.9. The van der Waals surface area contributed by atoms with Crippen LogP contribution in [0.1, 0.15) is 18.2 Å². The van der Waals surface area contributed by atoms with Crippen molar-refractivity contribution in [2.45, 2.75) is 13.3 Å². The SMILES string of the molecule is CC1C=Cc2c(oc3ccc(-c4ccc(-c5ccc6oc7ccccc7c6c5)cc4-c4cc(-c5ccc(-c6ccc7oc8ccccc8c7c6)cc5)nc(-c5ccccc5)n4)cc23)C1. The fourth-order valence-corrected chi connectivity index (χ4v) is 9.57. The van der Waals surface area contributed by atoms with Crippen LogP contribution in [0.3, 0.4) is 0 Å². The van der Waals surface area contributed by atoms with E-state index in [0.717, 1.165) is 128 Å². The van der Waals surface area contributed by atoms with Gasteiger partial charge in [0.1, 0.15) is 33.7 Å². The molecule has 13 rings (SSSR count). The summed E-state index contributed by atoms with van der Waals surface area (Å²) < 4.78 is 18.8. The normalized spacial score (nSPS) is 13.7. The van der Waals surface area contributed by atoms with E-state index in [9.17, 15) is 0 Å². The number of furan rings is 3. The van der Waals surface area contributed by atoms with Crippen molar-refractivity contribution in [2.75, 3.05) is 0 Å². The van der Waals surface area contributed by atoms with Gasteiger partial charge in [-0.25, -0.2) is 9.97 Å². The Labute approximate surface area is 368 Å². The van der Waals surface area contributed by atoms with Gasteiger partial charge in [0.25, 0.3) is 0 Å². The predicted octanol–water partition coefficient (Wildman–Crippen LogP) is 16.2. The molecule has 1 aliphatic rings. The number of aromatic nitrogens is 2. The highest BCUT2D eigenvalue weighted by atomic mass is 16.3. The molecule has 0 saturated heterocycles. The van der Waals surface area contributed by atoms with Crippen LogP contribution in [0.4, 0.5) is 0 Å². The molecule has 0 spiro atoms. The maximum absolute atomic E-state index is 6.42. The summed E-state index contributed by atoms with van der Waals surface area (Å²) in [6, 6.07) is 63.8. The molecule has 302 valence electrons. The van der Waals surface area contributed by atoms with Crippen LogP contribution < -0.4 is 0 Å². The lowest BCUT2D eigenvalue weighted by molar-refractivity contribution is 0.513. The van der Waals surface area contributed by atoms with Crippen LogP contribution in [-0.2, 0) is 6.42 Å². The van der Waals surface area contributed by atoms with Gasteiger partial charge >= 0.3 is 0 Å². The van der Waals surface area contributed by atoms with Gasteiger partial charge in [0.05, 0.1) is 11.4 Å². The van der Waals surface area contributed by atoms with Crippen molar-refractivity contribution in [1.29, 1.82) is 0 Å². The number of allylic oxidation sites excluding steroid dienone is 1. The molecular weight excluding hydrogens is 785 g/mol. The summed E-state index contributed by atoms with van der Waals surface area (Å²) in [6.45, 7) is 2.23. The summed E-state index contributed by atoms with van der Waals surface area (Å²) in [5, 5.41) is 5.54. The van der Waals surface area contributed by atoms with E-state index < -0.39 is 0 Å². The molecule has 1 atom stereocenters. The van der Waals surface area contributed by atoms with Crippen molar-refractivity contribution >= 4 is 60.9 Å². The maximum Gasteiger partial charge on any atom is 0.160 e. The molecule has 0 bridgehead atoms. The zero-order chi connectivity index (χ0) is 42.3. The summed E-state index contributed by atoms with van der Waals surface area (Å²) in [6.07, 6.45) is 5.41. The molecule has 1 aliphatic carbocycles. The summed E-state index contributed by atoms with van der Waals surface area (Å²) in [4.78, 5) is 10.6. The topological polar surface area (TPSA) is 65.2 Å². The minimum atomic E-state index is 0.445. The van der Waals surface area contributed by atoms with Crippen LogP contribution in [0.2, 0.25) is 0 Å². The Kier molecular flexibility index (Phi) is 8.19.